The van der Waals surface area contributed by atoms with Crippen LogP contribution in [0.4, 0.5) is 22.7 Å². The third-order valence-corrected chi connectivity index (χ3v) is 3.37. The van der Waals surface area contributed by atoms with E-state index in [4.69, 9.17) is 0 Å². The van der Waals surface area contributed by atoms with Crippen molar-refractivity contribution in [2.24, 2.45) is 0 Å². The van der Waals surface area contributed by atoms with Crippen molar-refractivity contribution in [2.75, 3.05) is 5.32 Å². The van der Waals surface area contributed by atoms with Gasteiger partial charge in [0.1, 0.15) is 0 Å². The summed E-state index contributed by atoms with van der Waals surface area (Å²) >= 11 is 0. The molecular weight excluding hydrogens is 286 g/mol. The van der Waals surface area contributed by atoms with Crippen molar-refractivity contribution < 1.29 is 9.85 Å². The molecule has 0 fully saturated rings. The number of nitro benzene ring substituents is 2. The molecule has 0 aliphatic carbocycles. The highest BCUT2D eigenvalue weighted by Crippen LogP contribution is 2.29. The molecule has 2 aromatic rings. The van der Waals surface area contributed by atoms with Crippen LogP contribution in [0, 0.1) is 27.2 Å². The predicted octanol–water partition coefficient (Wildman–Crippen LogP) is 4.12. The van der Waals surface area contributed by atoms with Gasteiger partial charge in [-0.1, -0.05) is 19.1 Å². The molecule has 2 aromatic carbocycles. The minimum absolute atomic E-state index is 0.0345. The summed E-state index contributed by atoms with van der Waals surface area (Å²) in [5.41, 5.74) is 2.53. The van der Waals surface area contributed by atoms with Gasteiger partial charge in [-0.2, -0.15) is 0 Å². The Morgan fingerprint density at radius 2 is 1.77 bits per heavy atom. The Morgan fingerprint density at radius 3 is 2.36 bits per heavy atom. The molecule has 22 heavy (non-hydrogen) atoms. The topological polar surface area (TPSA) is 98.3 Å². The monoisotopic (exact) mass is 301 g/mol. The summed E-state index contributed by atoms with van der Waals surface area (Å²) in [6.07, 6.45) is 0.562. The lowest BCUT2D eigenvalue weighted by atomic mass is 10.1. The van der Waals surface area contributed by atoms with Crippen LogP contribution in [0.25, 0.3) is 0 Å². The normalized spacial score (nSPS) is 10.3. The number of anilines is 2. The minimum atomic E-state index is -0.479. The third kappa shape index (κ3) is 3.20. The van der Waals surface area contributed by atoms with Gasteiger partial charge in [0.25, 0.3) is 11.4 Å². The Kier molecular flexibility index (Phi) is 4.36. The summed E-state index contributed by atoms with van der Waals surface area (Å²) < 4.78 is 0. The minimum Gasteiger partial charge on any atom is -0.355 e. The van der Waals surface area contributed by atoms with Crippen molar-refractivity contribution in [3.05, 3.63) is 67.8 Å². The Balaban J connectivity index is 2.39. The lowest BCUT2D eigenvalue weighted by Crippen LogP contribution is -1.99. The Labute approximate surface area is 126 Å². The molecule has 7 nitrogen and oxygen atoms in total. The molecule has 0 spiro atoms. The number of nitrogens with zero attached hydrogens (tertiary/aromatic N) is 2. The fraction of sp³-hybridized carbons (Fsp3) is 0.200. The van der Waals surface area contributed by atoms with E-state index < -0.39 is 9.85 Å². The van der Waals surface area contributed by atoms with Crippen LogP contribution in [0.2, 0.25) is 0 Å². The number of nitrogens with one attached hydrogen (secondary N) is 1. The average molecular weight is 301 g/mol. The summed E-state index contributed by atoms with van der Waals surface area (Å²) in [5, 5.41) is 24.9. The van der Waals surface area contributed by atoms with Gasteiger partial charge in [0, 0.05) is 35.1 Å². The molecule has 0 atom stereocenters. The van der Waals surface area contributed by atoms with Crippen LogP contribution < -0.4 is 5.32 Å². The van der Waals surface area contributed by atoms with Gasteiger partial charge < -0.3 is 5.32 Å². The van der Waals surface area contributed by atoms with Crippen LogP contribution in [-0.4, -0.2) is 9.85 Å². The van der Waals surface area contributed by atoms with Crippen molar-refractivity contribution >= 4 is 22.7 Å². The molecule has 0 saturated carbocycles. The van der Waals surface area contributed by atoms with E-state index in [1.165, 1.54) is 18.2 Å². The molecule has 114 valence electrons. The molecule has 0 aromatic heterocycles. The molecule has 0 amide bonds. The Hall–Kier alpha value is -2.96. The maximum atomic E-state index is 11.1. The number of aryl methyl sites for hydroxylation is 2. The highest BCUT2D eigenvalue weighted by atomic mass is 16.6. The molecule has 0 aliphatic rings. The molecule has 0 radical (unpaired) electrons. The zero-order chi connectivity index (χ0) is 16.3. The quantitative estimate of drug-likeness (QED) is 0.661. The predicted molar refractivity (Wildman–Crippen MR) is 83.6 cm³/mol. The number of hydrogen-bond donors (Lipinski definition) is 1. The molecule has 1 N–H and O–H groups in total. The fourth-order valence-electron chi connectivity index (χ4n) is 2.12. The largest absolute Gasteiger partial charge is 0.355 e. The van der Waals surface area contributed by atoms with Crippen LogP contribution in [0.3, 0.4) is 0 Å². The van der Waals surface area contributed by atoms with Gasteiger partial charge in [-0.05, 0) is 25.0 Å². The Morgan fingerprint density at radius 1 is 1.05 bits per heavy atom. The summed E-state index contributed by atoms with van der Waals surface area (Å²) in [6, 6.07) is 9.32. The van der Waals surface area contributed by atoms with Gasteiger partial charge in [-0.25, -0.2) is 0 Å². The maximum Gasteiger partial charge on any atom is 0.274 e. The summed E-state index contributed by atoms with van der Waals surface area (Å²) in [5.74, 6) is 0. The summed E-state index contributed by atoms with van der Waals surface area (Å²) in [6.45, 7) is 3.65. The molecule has 0 bridgehead atoms. The van der Waals surface area contributed by atoms with Crippen molar-refractivity contribution in [3.63, 3.8) is 0 Å². The van der Waals surface area contributed by atoms with Gasteiger partial charge >= 0.3 is 0 Å². The third-order valence-electron chi connectivity index (χ3n) is 3.37. The molecule has 2 rings (SSSR count). The van der Waals surface area contributed by atoms with Gasteiger partial charge in [-0.15, -0.1) is 0 Å². The van der Waals surface area contributed by atoms with Gasteiger partial charge in [0.2, 0.25) is 0 Å². The number of benzene rings is 2. The van der Waals surface area contributed by atoms with Crippen LogP contribution in [-0.2, 0) is 6.42 Å². The first-order valence-corrected chi connectivity index (χ1v) is 6.71. The number of hydrogen-bond acceptors (Lipinski definition) is 5. The lowest BCUT2D eigenvalue weighted by molar-refractivity contribution is -0.385. The second-order valence-electron chi connectivity index (χ2n) is 4.84. The first-order valence-electron chi connectivity index (χ1n) is 6.71. The molecule has 0 saturated heterocycles. The maximum absolute atomic E-state index is 11.1. The van der Waals surface area contributed by atoms with Crippen LogP contribution in [0.5, 0.6) is 0 Å². The number of nitro groups is 2. The summed E-state index contributed by atoms with van der Waals surface area (Å²) in [7, 11) is 0. The highest BCUT2D eigenvalue weighted by molar-refractivity contribution is 5.68. The van der Waals surface area contributed by atoms with E-state index in [1.54, 1.807) is 25.1 Å². The molecular formula is C15H15N3O4. The van der Waals surface area contributed by atoms with E-state index in [0.29, 0.717) is 23.4 Å². The summed E-state index contributed by atoms with van der Waals surface area (Å²) in [4.78, 5) is 21.0. The number of non-ortho nitro benzene ring substituents is 1. The van der Waals surface area contributed by atoms with Crippen molar-refractivity contribution in [1.82, 2.24) is 0 Å². The molecule has 0 unspecified atom stereocenters. The highest BCUT2D eigenvalue weighted by Gasteiger charge is 2.14. The van der Waals surface area contributed by atoms with E-state index in [0.717, 1.165) is 5.56 Å². The fourth-order valence-corrected chi connectivity index (χ4v) is 2.12. The zero-order valence-electron chi connectivity index (χ0n) is 12.2. The van der Waals surface area contributed by atoms with E-state index in [-0.39, 0.29) is 11.4 Å². The second-order valence-corrected chi connectivity index (χ2v) is 4.84. The van der Waals surface area contributed by atoms with E-state index >= 15 is 0 Å². The SMILES string of the molecule is CCc1ccc(Nc2cc([N+](=O)[O-])ccc2C)cc1[N+](=O)[O-]. The van der Waals surface area contributed by atoms with Crippen molar-refractivity contribution in [2.45, 2.75) is 20.3 Å². The zero-order valence-corrected chi connectivity index (χ0v) is 12.2. The standard InChI is InChI=1S/C15H15N3O4/c1-3-11-5-6-12(8-15(11)18(21)22)16-14-9-13(17(19)20)7-4-10(14)2/h4-9,16H,3H2,1-2H3. The number of rotatable bonds is 5. The smallest absolute Gasteiger partial charge is 0.274 e. The van der Waals surface area contributed by atoms with Crippen LogP contribution in [0.15, 0.2) is 36.4 Å². The van der Waals surface area contributed by atoms with Gasteiger partial charge in [0.05, 0.1) is 9.85 Å². The average Bonchev–Trinajstić information content (AvgIpc) is 2.49. The van der Waals surface area contributed by atoms with Crippen LogP contribution in [0.1, 0.15) is 18.1 Å². The molecule has 0 aliphatic heterocycles. The van der Waals surface area contributed by atoms with Crippen LogP contribution >= 0.6 is 0 Å². The van der Waals surface area contributed by atoms with E-state index in [9.17, 15) is 20.2 Å². The lowest BCUT2D eigenvalue weighted by Gasteiger charge is -2.10. The van der Waals surface area contributed by atoms with Gasteiger partial charge in [0.15, 0.2) is 0 Å². The first-order chi connectivity index (χ1) is 10.4. The van der Waals surface area contributed by atoms with E-state index in [1.807, 2.05) is 6.92 Å². The Bertz CT molecular complexity index is 744. The second kappa shape index (κ2) is 6.21. The van der Waals surface area contributed by atoms with Crippen molar-refractivity contribution in [3.8, 4) is 0 Å². The molecule has 0 heterocycles. The first kappa shape index (κ1) is 15.4. The molecule has 7 heteroatoms. The van der Waals surface area contributed by atoms with E-state index in [2.05, 4.69) is 5.32 Å². The van der Waals surface area contributed by atoms with Gasteiger partial charge in [-0.3, -0.25) is 20.2 Å². The van der Waals surface area contributed by atoms with Crippen molar-refractivity contribution in [1.29, 1.82) is 0 Å².